The van der Waals surface area contributed by atoms with Crippen molar-refractivity contribution in [3.63, 3.8) is 0 Å². The van der Waals surface area contributed by atoms with Crippen molar-refractivity contribution in [3.8, 4) is 6.07 Å². The Bertz CT molecular complexity index is 563. The summed E-state index contributed by atoms with van der Waals surface area (Å²) < 4.78 is 0. The maximum atomic E-state index is 11.7. The summed E-state index contributed by atoms with van der Waals surface area (Å²) in [5, 5.41) is 9.52. The number of rotatable bonds is 3. The van der Waals surface area contributed by atoms with Crippen LogP contribution in [-0.4, -0.2) is 22.4 Å². The van der Waals surface area contributed by atoms with Crippen molar-refractivity contribution in [3.05, 3.63) is 22.9 Å². The Kier molecular flexibility index (Phi) is 3.63. The van der Waals surface area contributed by atoms with E-state index in [1.54, 1.807) is 6.07 Å². The van der Waals surface area contributed by atoms with Crippen molar-refractivity contribution in [1.82, 2.24) is 4.98 Å². The molecule has 0 aromatic carbocycles. The minimum Gasteiger partial charge on any atom is -0.369 e. The Morgan fingerprint density at radius 2 is 2.33 bits per heavy atom. The van der Waals surface area contributed by atoms with E-state index in [0.717, 1.165) is 30.3 Å². The molecule has 1 aromatic heterocycles. The zero-order chi connectivity index (χ0) is 13.1. The summed E-state index contributed by atoms with van der Waals surface area (Å²) >= 11 is 1.13. The monoisotopic (exact) mass is 261 g/mol. The third-order valence-electron chi connectivity index (χ3n) is 2.66. The standard InChI is InChI=1S/C12H11N3O2S/c13-5-7-4-8-9(2-1-3-10(8)16)15-12(7)18-6-11(14)17/h4H,1-3,6H2,(H2,14,17). The number of Topliss-reactive ketones (excluding diaryl/α,β-unsaturated/α-hetero) is 1. The lowest BCUT2D eigenvalue weighted by molar-refractivity contribution is -0.115. The van der Waals surface area contributed by atoms with Gasteiger partial charge in [-0.3, -0.25) is 9.59 Å². The van der Waals surface area contributed by atoms with Crippen LogP contribution < -0.4 is 5.73 Å². The van der Waals surface area contributed by atoms with Gasteiger partial charge in [0.25, 0.3) is 0 Å². The van der Waals surface area contributed by atoms with E-state index in [-0.39, 0.29) is 11.5 Å². The Morgan fingerprint density at radius 1 is 1.56 bits per heavy atom. The van der Waals surface area contributed by atoms with Gasteiger partial charge in [0.15, 0.2) is 5.78 Å². The summed E-state index contributed by atoms with van der Waals surface area (Å²) in [6, 6.07) is 3.58. The van der Waals surface area contributed by atoms with Crippen LogP contribution in [0.25, 0.3) is 0 Å². The van der Waals surface area contributed by atoms with Crippen LogP contribution >= 0.6 is 11.8 Å². The molecule has 1 aromatic rings. The van der Waals surface area contributed by atoms with Crippen LogP contribution in [0.1, 0.15) is 34.5 Å². The molecule has 1 heterocycles. The van der Waals surface area contributed by atoms with Crippen LogP contribution in [0.4, 0.5) is 0 Å². The van der Waals surface area contributed by atoms with Crippen molar-refractivity contribution < 1.29 is 9.59 Å². The molecule has 1 aliphatic carbocycles. The quantitative estimate of drug-likeness (QED) is 0.820. The molecule has 18 heavy (non-hydrogen) atoms. The number of nitrogens with zero attached hydrogens (tertiary/aromatic N) is 2. The fourth-order valence-electron chi connectivity index (χ4n) is 1.85. The topological polar surface area (TPSA) is 96.8 Å². The Morgan fingerprint density at radius 3 is 3.00 bits per heavy atom. The molecule has 0 fully saturated rings. The van der Waals surface area contributed by atoms with E-state index in [1.807, 2.05) is 6.07 Å². The van der Waals surface area contributed by atoms with Crippen LogP contribution in [0.2, 0.25) is 0 Å². The number of nitriles is 1. The second-order valence-electron chi connectivity index (χ2n) is 3.98. The molecular weight excluding hydrogens is 250 g/mol. The molecule has 0 atom stereocenters. The van der Waals surface area contributed by atoms with E-state index in [1.165, 1.54) is 0 Å². The number of hydrogen-bond donors (Lipinski definition) is 1. The van der Waals surface area contributed by atoms with Gasteiger partial charge < -0.3 is 5.73 Å². The molecule has 0 aliphatic heterocycles. The smallest absolute Gasteiger partial charge is 0.227 e. The lowest BCUT2D eigenvalue weighted by Crippen LogP contribution is -2.15. The molecule has 0 bridgehead atoms. The van der Waals surface area contributed by atoms with Crippen LogP contribution in [0, 0.1) is 11.3 Å². The Balaban J connectivity index is 2.39. The van der Waals surface area contributed by atoms with Crippen molar-refractivity contribution >= 4 is 23.5 Å². The minimum absolute atomic E-state index is 0.0340. The molecule has 0 radical (unpaired) electrons. The highest BCUT2D eigenvalue weighted by atomic mass is 32.2. The number of carbonyl (C=O) groups is 2. The first kappa shape index (κ1) is 12.6. The molecule has 1 amide bonds. The molecule has 2 rings (SSSR count). The molecular formula is C12H11N3O2S. The molecule has 1 aliphatic rings. The van der Waals surface area contributed by atoms with E-state index in [4.69, 9.17) is 11.0 Å². The molecule has 5 nitrogen and oxygen atoms in total. The summed E-state index contributed by atoms with van der Waals surface area (Å²) in [5.41, 5.74) is 6.66. The number of nitrogens with two attached hydrogens (primary N) is 1. The minimum atomic E-state index is -0.459. The van der Waals surface area contributed by atoms with Gasteiger partial charge in [-0.25, -0.2) is 4.98 Å². The molecule has 2 N–H and O–H groups in total. The average molecular weight is 261 g/mol. The molecule has 0 spiro atoms. The van der Waals surface area contributed by atoms with Crippen molar-refractivity contribution in [2.24, 2.45) is 5.73 Å². The molecule has 6 heteroatoms. The molecule has 0 saturated heterocycles. The van der Waals surface area contributed by atoms with E-state index in [0.29, 0.717) is 22.6 Å². The van der Waals surface area contributed by atoms with Crippen LogP contribution in [0.3, 0.4) is 0 Å². The highest BCUT2D eigenvalue weighted by molar-refractivity contribution is 7.99. The first-order chi connectivity index (χ1) is 8.61. The number of aryl methyl sites for hydroxylation is 1. The lowest BCUT2D eigenvalue weighted by Gasteiger charge is -2.15. The predicted molar refractivity (Wildman–Crippen MR) is 66.1 cm³/mol. The molecule has 92 valence electrons. The zero-order valence-electron chi connectivity index (χ0n) is 9.60. The SMILES string of the molecule is N#Cc1cc2c(nc1SCC(N)=O)CCCC2=O. The third-order valence-corrected chi connectivity index (χ3v) is 3.67. The Labute approximate surface area is 108 Å². The average Bonchev–Trinajstić information content (AvgIpc) is 2.35. The molecule has 0 saturated carbocycles. The van der Waals surface area contributed by atoms with Gasteiger partial charge in [0.05, 0.1) is 17.0 Å². The summed E-state index contributed by atoms with van der Waals surface area (Å²) in [7, 11) is 0. The van der Waals surface area contributed by atoms with Gasteiger partial charge in [0.1, 0.15) is 11.1 Å². The lowest BCUT2D eigenvalue weighted by atomic mass is 9.94. The van der Waals surface area contributed by atoms with Gasteiger partial charge in [-0.2, -0.15) is 5.26 Å². The van der Waals surface area contributed by atoms with Gasteiger partial charge in [-0.05, 0) is 18.9 Å². The highest BCUT2D eigenvalue weighted by Crippen LogP contribution is 2.27. The normalized spacial score (nSPS) is 13.8. The fourth-order valence-corrected chi connectivity index (χ4v) is 2.56. The predicted octanol–water partition coefficient (Wildman–Crippen LogP) is 1.05. The van der Waals surface area contributed by atoms with Crippen LogP contribution in [0.15, 0.2) is 11.1 Å². The van der Waals surface area contributed by atoms with Crippen molar-refractivity contribution in [2.75, 3.05) is 5.75 Å². The maximum absolute atomic E-state index is 11.7. The van der Waals surface area contributed by atoms with Gasteiger partial charge >= 0.3 is 0 Å². The van der Waals surface area contributed by atoms with E-state index in [9.17, 15) is 9.59 Å². The number of ketones is 1. The van der Waals surface area contributed by atoms with Crippen molar-refractivity contribution in [2.45, 2.75) is 24.3 Å². The maximum Gasteiger partial charge on any atom is 0.227 e. The number of thioether (sulfide) groups is 1. The first-order valence-electron chi connectivity index (χ1n) is 5.50. The number of carbonyl (C=O) groups excluding carboxylic acids is 2. The van der Waals surface area contributed by atoms with E-state index in [2.05, 4.69) is 4.98 Å². The second-order valence-corrected chi connectivity index (χ2v) is 4.94. The van der Waals surface area contributed by atoms with Gasteiger partial charge in [-0.1, -0.05) is 11.8 Å². The Hall–Kier alpha value is -1.87. The van der Waals surface area contributed by atoms with Crippen molar-refractivity contribution in [1.29, 1.82) is 5.26 Å². The highest BCUT2D eigenvalue weighted by Gasteiger charge is 2.21. The summed E-state index contributed by atoms with van der Waals surface area (Å²) in [5.74, 6) is -0.347. The second kappa shape index (κ2) is 5.19. The van der Waals surface area contributed by atoms with Gasteiger partial charge in [0, 0.05) is 12.0 Å². The van der Waals surface area contributed by atoms with E-state index >= 15 is 0 Å². The first-order valence-corrected chi connectivity index (χ1v) is 6.48. The van der Waals surface area contributed by atoms with E-state index < -0.39 is 5.91 Å². The number of primary amides is 1. The summed E-state index contributed by atoms with van der Waals surface area (Å²) in [6.45, 7) is 0. The summed E-state index contributed by atoms with van der Waals surface area (Å²) in [6.07, 6.45) is 2.02. The summed E-state index contributed by atoms with van der Waals surface area (Å²) in [4.78, 5) is 26.8. The largest absolute Gasteiger partial charge is 0.369 e. The third kappa shape index (κ3) is 2.51. The van der Waals surface area contributed by atoms with Crippen LogP contribution in [0.5, 0.6) is 0 Å². The number of pyridine rings is 1. The van der Waals surface area contributed by atoms with Crippen LogP contribution in [-0.2, 0) is 11.2 Å². The van der Waals surface area contributed by atoms with Gasteiger partial charge in [-0.15, -0.1) is 0 Å². The number of aromatic nitrogens is 1. The zero-order valence-corrected chi connectivity index (χ0v) is 10.4. The fraction of sp³-hybridized carbons (Fsp3) is 0.333. The number of fused-ring (bicyclic) bond motifs is 1. The molecule has 0 unspecified atom stereocenters. The number of hydrogen-bond acceptors (Lipinski definition) is 5. The van der Waals surface area contributed by atoms with Gasteiger partial charge in [0.2, 0.25) is 5.91 Å². The number of amides is 1.